The van der Waals surface area contributed by atoms with Crippen molar-refractivity contribution in [3.05, 3.63) is 35.6 Å². The highest BCUT2D eigenvalue weighted by molar-refractivity contribution is 5.16. The van der Waals surface area contributed by atoms with Crippen molar-refractivity contribution < 1.29 is 4.39 Å². The Morgan fingerprint density at radius 1 is 1.38 bits per heavy atom. The molecule has 1 aromatic carbocycles. The largest absolute Gasteiger partial charge is 0.310 e. The standard InChI is InChI=1S/C14H20FN/c1-10(2)12-7-14(8-12)16-9-11-4-3-5-13(15)6-11/h3-6,10,12,14,16H,7-9H2,1-2H3. The molecule has 1 saturated carbocycles. The highest BCUT2D eigenvalue weighted by Gasteiger charge is 2.30. The molecule has 0 amide bonds. The summed E-state index contributed by atoms with van der Waals surface area (Å²) in [6, 6.07) is 7.46. The smallest absolute Gasteiger partial charge is 0.123 e. The summed E-state index contributed by atoms with van der Waals surface area (Å²) in [5.74, 6) is 1.53. The van der Waals surface area contributed by atoms with Gasteiger partial charge < -0.3 is 5.32 Å². The van der Waals surface area contributed by atoms with Crippen LogP contribution in [0, 0.1) is 17.7 Å². The molecule has 0 saturated heterocycles. The first-order chi connectivity index (χ1) is 7.65. The second-order valence-electron chi connectivity index (χ2n) is 5.18. The fourth-order valence-corrected chi connectivity index (χ4v) is 2.28. The summed E-state index contributed by atoms with van der Waals surface area (Å²) in [6.45, 7) is 5.36. The van der Waals surface area contributed by atoms with E-state index in [0.29, 0.717) is 6.04 Å². The molecule has 1 aromatic rings. The molecular weight excluding hydrogens is 201 g/mol. The molecule has 2 rings (SSSR count). The van der Waals surface area contributed by atoms with Gasteiger partial charge in [0.15, 0.2) is 0 Å². The third-order valence-corrected chi connectivity index (χ3v) is 3.60. The molecule has 0 atom stereocenters. The van der Waals surface area contributed by atoms with Crippen LogP contribution in [0.25, 0.3) is 0 Å². The first-order valence-corrected chi connectivity index (χ1v) is 6.13. The summed E-state index contributed by atoms with van der Waals surface area (Å²) in [5.41, 5.74) is 1.04. The molecule has 1 N–H and O–H groups in total. The molecule has 2 heteroatoms. The zero-order valence-electron chi connectivity index (χ0n) is 10.0. The zero-order chi connectivity index (χ0) is 11.5. The van der Waals surface area contributed by atoms with Gasteiger partial charge in [-0.2, -0.15) is 0 Å². The van der Waals surface area contributed by atoms with Crippen LogP contribution in [0.15, 0.2) is 24.3 Å². The molecule has 0 spiro atoms. The molecule has 0 heterocycles. The van der Waals surface area contributed by atoms with E-state index in [9.17, 15) is 4.39 Å². The third-order valence-electron chi connectivity index (χ3n) is 3.60. The Morgan fingerprint density at radius 3 is 2.75 bits per heavy atom. The van der Waals surface area contributed by atoms with E-state index < -0.39 is 0 Å². The van der Waals surface area contributed by atoms with Crippen LogP contribution in [0.5, 0.6) is 0 Å². The molecule has 1 fully saturated rings. The van der Waals surface area contributed by atoms with E-state index in [1.54, 1.807) is 12.1 Å². The summed E-state index contributed by atoms with van der Waals surface area (Å²) in [4.78, 5) is 0. The Morgan fingerprint density at radius 2 is 2.12 bits per heavy atom. The summed E-state index contributed by atoms with van der Waals surface area (Å²) in [5, 5.41) is 3.48. The van der Waals surface area contributed by atoms with E-state index >= 15 is 0 Å². The summed E-state index contributed by atoms with van der Waals surface area (Å²) >= 11 is 0. The number of hydrogen-bond acceptors (Lipinski definition) is 1. The van der Waals surface area contributed by atoms with Crippen molar-refractivity contribution in [2.24, 2.45) is 11.8 Å². The predicted molar refractivity (Wildman–Crippen MR) is 64.6 cm³/mol. The van der Waals surface area contributed by atoms with Gasteiger partial charge in [-0.25, -0.2) is 4.39 Å². The maximum Gasteiger partial charge on any atom is 0.123 e. The minimum absolute atomic E-state index is 0.145. The molecule has 0 aromatic heterocycles. The Labute approximate surface area is 97.1 Å². The molecule has 0 radical (unpaired) electrons. The first kappa shape index (κ1) is 11.6. The monoisotopic (exact) mass is 221 g/mol. The lowest BCUT2D eigenvalue weighted by atomic mass is 9.73. The van der Waals surface area contributed by atoms with Gasteiger partial charge in [-0.05, 0) is 42.4 Å². The SMILES string of the molecule is CC(C)C1CC(NCc2cccc(F)c2)C1. The van der Waals surface area contributed by atoms with Gasteiger partial charge in [-0.15, -0.1) is 0 Å². The first-order valence-electron chi connectivity index (χ1n) is 6.13. The average Bonchev–Trinajstić information content (AvgIpc) is 2.14. The highest BCUT2D eigenvalue weighted by Crippen LogP contribution is 2.33. The Hall–Kier alpha value is -0.890. The van der Waals surface area contributed by atoms with E-state index in [1.165, 1.54) is 18.9 Å². The lowest BCUT2D eigenvalue weighted by molar-refractivity contribution is 0.167. The molecular formula is C14H20FN. The summed E-state index contributed by atoms with van der Waals surface area (Å²) in [7, 11) is 0. The normalized spacial score (nSPS) is 24.5. The van der Waals surface area contributed by atoms with E-state index in [-0.39, 0.29) is 5.82 Å². The molecule has 0 aliphatic heterocycles. The number of nitrogens with one attached hydrogen (secondary N) is 1. The Balaban J connectivity index is 1.73. The van der Waals surface area contributed by atoms with Crippen LogP contribution in [-0.4, -0.2) is 6.04 Å². The van der Waals surface area contributed by atoms with Gasteiger partial charge in [0.05, 0.1) is 0 Å². The number of rotatable bonds is 4. The molecule has 1 aliphatic rings. The minimum atomic E-state index is -0.145. The fraction of sp³-hybridized carbons (Fsp3) is 0.571. The number of hydrogen-bond donors (Lipinski definition) is 1. The van der Waals surface area contributed by atoms with E-state index in [2.05, 4.69) is 19.2 Å². The topological polar surface area (TPSA) is 12.0 Å². The van der Waals surface area contributed by atoms with Crippen molar-refractivity contribution >= 4 is 0 Å². The van der Waals surface area contributed by atoms with Crippen LogP contribution in [0.3, 0.4) is 0 Å². The van der Waals surface area contributed by atoms with Crippen molar-refractivity contribution in [3.63, 3.8) is 0 Å². The minimum Gasteiger partial charge on any atom is -0.310 e. The van der Waals surface area contributed by atoms with Crippen LogP contribution < -0.4 is 5.32 Å². The Kier molecular flexibility index (Phi) is 3.59. The van der Waals surface area contributed by atoms with Gasteiger partial charge >= 0.3 is 0 Å². The lowest BCUT2D eigenvalue weighted by Gasteiger charge is -2.38. The van der Waals surface area contributed by atoms with E-state index in [0.717, 1.165) is 23.9 Å². The van der Waals surface area contributed by atoms with E-state index in [1.807, 2.05) is 6.07 Å². The van der Waals surface area contributed by atoms with Gasteiger partial charge in [0.25, 0.3) is 0 Å². The lowest BCUT2D eigenvalue weighted by Crippen LogP contribution is -2.42. The maximum atomic E-state index is 12.9. The molecule has 1 nitrogen and oxygen atoms in total. The van der Waals surface area contributed by atoms with Crippen LogP contribution >= 0.6 is 0 Å². The number of benzene rings is 1. The Bertz CT molecular complexity index is 342. The number of halogens is 1. The van der Waals surface area contributed by atoms with Gasteiger partial charge in [0, 0.05) is 12.6 Å². The van der Waals surface area contributed by atoms with Gasteiger partial charge in [0.2, 0.25) is 0 Å². The average molecular weight is 221 g/mol. The van der Waals surface area contributed by atoms with Crippen molar-refractivity contribution in [2.75, 3.05) is 0 Å². The van der Waals surface area contributed by atoms with Crippen molar-refractivity contribution in [2.45, 2.75) is 39.3 Å². The van der Waals surface area contributed by atoms with Crippen LogP contribution in [0.2, 0.25) is 0 Å². The maximum absolute atomic E-state index is 12.9. The quantitative estimate of drug-likeness (QED) is 0.822. The van der Waals surface area contributed by atoms with Crippen molar-refractivity contribution in [3.8, 4) is 0 Å². The third kappa shape index (κ3) is 2.82. The molecule has 0 bridgehead atoms. The van der Waals surface area contributed by atoms with Crippen LogP contribution in [0.1, 0.15) is 32.3 Å². The van der Waals surface area contributed by atoms with E-state index in [4.69, 9.17) is 0 Å². The molecule has 16 heavy (non-hydrogen) atoms. The summed E-state index contributed by atoms with van der Waals surface area (Å²) < 4.78 is 12.9. The zero-order valence-corrected chi connectivity index (χ0v) is 10.0. The second-order valence-corrected chi connectivity index (χ2v) is 5.18. The van der Waals surface area contributed by atoms with Crippen molar-refractivity contribution in [1.29, 1.82) is 0 Å². The molecule has 88 valence electrons. The van der Waals surface area contributed by atoms with Crippen LogP contribution in [0.4, 0.5) is 4.39 Å². The van der Waals surface area contributed by atoms with Crippen LogP contribution in [-0.2, 0) is 6.54 Å². The van der Waals surface area contributed by atoms with Gasteiger partial charge in [0.1, 0.15) is 5.82 Å². The highest BCUT2D eigenvalue weighted by atomic mass is 19.1. The fourth-order valence-electron chi connectivity index (χ4n) is 2.28. The predicted octanol–water partition coefficient (Wildman–Crippen LogP) is 3.35. The summed E-state index contributed by atoms with van der Waals surface area (Å²) in [6.07, 6.45) is 2.54. The van der Waals surface area contributed by atoms with Gasteiger partial charge in [-0.1, -0.05) is 26.0 Å². The second kappa shape index (κ2) is 4.96. The molecule has 1 aliphatic carbocycles. The van der Waals surface area contributed by atoms with Gasteiger partial charge in [-0.3, -0.25) is 0 Å². The van der Waals surface area contributed by atoms with Crippen molar-refractivity contribution in [1.82, 2.24) is 5.32 Å². The molecule has 0 unspecified atom stereocenters.